The highest BCUT2D eigenvalue weighted by molar-refractivity contribution is 6.31. The van der Waals surface area contributed by atoms with Gasteiger partial charge in [0.25, 0.3) is 0 Å². The summed E-state index contributed by atoms with van der Waals surface area (Å²) in [4.78, 5) is 24.3. The predicted molar refractivity (Wildman–Crippen MR) is 111 cm³/mol. The number of pyridine rings is 1. The number of likely N-dealkylation sites (N-methyl/N-ethyl adjacent to an activating group) is 1. The highest BCUT2D eigenvalue weighted by Gasteiger charge is 2.35. The van der Waals surface area contributed by atoms with Gasteiger partial charge in [-0.15, -0.1) is 0 Å². The van der Waals surface area contributed by atoms with Crippen molar-refractivity contribution >= 4 is 29.2 Å². The van der Waals surface area contributed by atoms with Crippen LogP contribution in [0.5, 0.6) is 0 Å². The van der Waals surface area contributed by atoms with Crippen molar-refractivity contribution in [3.8, 4) is 6.07 Å². The SMILES string of the molecule is [C-]#[N+]c1c(N2CCCC(N(C)C(=O)OC(C)(C)C)C2)nc(Cl)c(C#N)c1C1CC1. The Morgan fingerprint density at radius 1 is 1.41 bits per heavy atom. The molecular formula is C21H26ClN5O2. The molecule has 2 fully saturated rings. The lowest BCUT2D eigenvalue weighted by Gasteiger charge is -2.39. The van der Waals surface area contributed by atoms with Gasteiger partial charge in [-0.25, -0.2) is 14.6 Å². The second-order valence-corrected chi connectivity index (χ2v) is 9.05. The van der Waals surface area contributed by atoms with Crippen molar-refractivity contribution in [2.45, 2.75) is 64.0 Å². The van der Waals surface area contributed by atoms with Crippen molar-refractivity contribution in [3.63, 3.8) is 0 Å². The normalized spacial score (nSPS) is 19.3. The van der Waals surface area contributed by atoms with Crippen molar-refractivity contribution in [2.24, 2.45) is 0 Å². The van der Waals surface area contributed by atoms with E-state index in [-0.39, 0.29) is 23.2 Å². The monoisotopic (exact) mass is 415 g/mol. The lowest BCUT2D eigenvalue weighted by atomic mass is 10.0. The fourth-order valence-corrected chi connectivity index (χ4v) is 3.93. The Morgan fingerprint density at radius 3 is 2.66 bits per heavy atom. The number of carbonyl (C=O) groups is 1. The summed E-state index contributed by atoms with van der Waals surface area (Å²) in [5.74, 6) is 0.728. The summed E-state index contributed by atoms with van der Waals surface area (Å²) in [5.41, 5.74) is 0.927. The van der Waals surface area contributed by atoms with E-state index in [1.165, 1.54) is 0 Å². The Bertz CT molecular complexity index is 892. The molecule has 1 aliphatic heterocycles. The summed E-state index contributed by atoms with van der Waals surface area (Å²) >= 11 is 6.33. The van der Waals surface area contributed by atoms with Crippen molar-refractivity contribution < 1.29 is 9.53 Å². The summed E-state index contributed by atoms with van der Waals surface area (Å²) in [7, 11) is 1.74. The van der Waals surface area contributed by atoms with Crippen molar-refractivity contribution in [3.05, 3.63) is 27.7 Å². The van der Waals surface area contributed by atoms with Gasteiger partial charge in [-0.2, -0.15) is 5.26 Å². The van der Waals surface area contributed by atoms with Crippen LogP contribution in [0.15, 0.2) is 0 Å². The zero-order valence-electron chi connectivity index (χ0n) is 17.3. The summed E-state index contributed by atoms with van der Waals surface area (Å²) in [6.45, 7) is 14.5. The topological polar surface area (TPSA) is 73.8 Å². The Balaban J connectivity index is 1.89. The van der Waals surface area contributed by atoms with Crippen LogP contribution in [0, 0.1) is 17.9 Å². The van der Waals surface area contributed by atoms with Crippen LogP contribution in [0.3, 0.4) is 0 Å². The quantitative estimate of drug-likeness (QED) is 0.520. The molecule has 7 nitrogen and oxygen atoms in total. The molecule has 1 aromatic heterocycles. The van der Waals surface area contributed by atoms with Crippen LogP contribution in [-0.2, 0) is 4.74 Å². The number of piperidine rings is 1. The van der Waals surface area contributed by atoms with Gasteiger partial charge in [0.2, 0.25) is 5.69 Å². The molecule has 2 aliphatic rings. The number of hydrogen-bond donors (Lipinski definition) is 0. The van der Waals surface area contributed by atoms with Gasteiger partial charge < -0.3 is 14.5 Å². The predicted octanol–water partition coefficient (Wildman–Crippen LogP) is 4.87. The zero-order chi connectivity index (χ0) is 21.3. The fraction of sp³-hybridized carbons (Fsp3) is 0.619. The summed E-state index contributed by atoms with van der Waals surface area (Å²) in [6, 6.07) is 2.07. The Kier molecular flexibility index (Phi) is 5.91. The third-order valence-electron chi connectivity index (χ3n) is 5.28. The van der Waals surface area contributed by atoms with Crippen LogP contribution in [0.4, 0.5) is 16.3 Å². The van der Waals surface area contributed by atoms with Crippen molar-refractivity contribution in [1.82, 2.24) is 9.88 Å². The van der Waals surface area contributed by atoms with Crippen LogP contribution in [-0.4, -0.2) is 47.8 Å². The van der Waals surface area contributed by atoms with E-state index in [4.69, 9.17) is 22.9 Å². The molecule has 1 amide bonds. The number of carbonyl (C=O) groups excluding carboxylic acids is 1. The first-order chi connectivity index (χ1) is 13.7. The highest BCUT2D eigenvalue weighted by atomic mass is 35.5. The van der Waals surface area contributed by atoms with Crippen molar-refractivity contribution in [1.29, 1.82) is 5.26 Å². The number of ether oxygens (including phenoxy) is 1. The number of nitrogens with zero attached hydrogens (tertiary/aromatic N) is 5. The number of rotatable bonds is 3. The molecule has 0 spiro atoms. The van der Waals surface area contributed by atoms with Crippen LogP contribution in [0.25, 0.3) is 4.85 Å². The van der Waals surface area contributed by atoms with E-state index in [0.29, 0.717) is 23.6 Å². The minimum atomic E-state index is -0.557. The van der Waals surface area contributed by atoms with E-state index in [9.17, 15) is 10.1 Å². The lowest BCUT2D eigenvalue weighted by Crippen LogP contribution is -2.50. The lowest BCUT2D eigenvalue weighted by molar-refractivity contribution is 0.0209. The molecular weight excluding hydrogens is 390 g/mol. The molecule has 2 heterocycles. The molecule has 1 atom stereocenters. The fourth-order valence-electron chi connectivity index (χ4n) is 3.70. The minimum absolute atomic E-state index is 0.0576. The van der Waals surface area contributed by atoms with E-state index in [1.807, 2.05) is 25.7 Å². The largest absolute Gasteiger partial charge is 0.444 e. The van der Waals surface area contributed by atoms with Gasteiger partial charge in [-0.1, -0.05) is 11.6 Å². The van der Waals surface area contributed by atoms with Gasteiger partial charge in [-0.05, 0) is 57.9 Å². The van der Waals surface area contributed by atoms with Gasteiger partial charge in [0.05, 0.1) is 18.2 Å². The van der Waals surface area contributed by atoms with Gasteiger partial charge in [0.15, 0.2) is 0 Å². The summed E-state index contributed by atoms with van der Waals surface area (Å²) in [6.07, 6.45) is 3.26. The average molecular weight is 416 g/mol. The van der Waals surface area contributed by atoms with Crippen LogP contribution >= 0.6 is 11.6 Å². The van der Waals surface area contributed by atoms with Crippen molar-refractivity contribution in [2.75, 3.05) is 25.0 Å². The molecule has 154 valence electrons. The van der Waals surface area contributed by atoms with E-state index in [2.05, 4.69) is 15.9 Å². The first-order valence-electron chi connectivity index (χ1n) is 9.88. The first kappa shape index (κ1) is 21.2. The number of hydrogen-bond acceptors (Lipinski definition) is 5. The third kappa shape index (κ3) is 4.57. The third-order valence-corrected chi connectivity index (χ3v) is 5.55. The zero-order valence-corrected chi connectivity index (χ0v) is 18.1. The average Bonchev–Trinajstić information content (AvgIpc) is 3.50. The summed E-state index contributed by atoms with van der Waals surface area (Å²) in [5, 5.41) is 9.67. The molecule has 0 aromatic carbocycles. The first-order valence-corrected chi connectivity index (χ1v) is 10.3. The van der Waals surface area contributed by atoms with Gasteiger partial charge >= 0.3 is 6.09 Å². The standard InChI is InChI=1S/C21H26ClN5O2/c1-21(2,3)29-20(28)26(5)14-7-6-10-27(12-14)19-17(24-4)16(13-8-9-13)15(11-23)18(22)25-19/h13-14H,6-10,12H2,1-3,5H3. The van der Waals surface area contributed by atoms with E-state index in [1.54, 1.807) is 11.9 Å². The smallest absolute Gasteiger partial charge is 0.410 e. The summed E-state index contributed by atoms with van der Waals surface area (Å²) < 4.78 is 5.49. The molecule has 0 N–H and O–H groups in total. The van der Waals surface area contributed by atoms with Gasteiger partial charge in [0, 0.05) is 20.1 Å². The maximum absolute atomic E-state index is 12.5. The van der Waals surface area contributed by atoms with Gasteiger partial charge in [0.1, 0.15) is 22.6 Å². The molecule has 0 bridgehead atoms. The number of halogens is 1. The highest BCUT2D eigenvalue weighted by Crippen LogP contribution is 2.50. The second-order valence-electron chi connectivity index (χ2n) is 8.69. The Labute approximate surface area is 177 Å². The molecule has 1 unspecified atom stereocenters. The molecule has 1 aliphatic carbocycles. The van der Waals surface area contributed by atoms with Gasteiger partial charge in [-0.3, -0.25) is 0 Å². The van der Waals surface area contributed by atoms with Crippen LogP contribution in [0.2, 0.25) is 5.15 Å². The number of nitriles is 1. The molecule has 1 saturated carbocycles. The molecule has 29 heavy (non-hydrogen) atoms. The Morgan fingerprint density at radius 2 is 2.10 bits per heavy atom. The van der Waals surface area contributed by atoms with E-state index in [0.717, 1.165) is 37.8 Å². The van der Waals surface area contributed by atoms with Crippen LogP contribution < -0.4 is 4.90 Å². The number of anilines is 1. The van der Waals surface area contributed by atoms with Crippen LogP contribution in [0.1, 0.15) is 63.5 Å². The minimum Gasteiger partial charge on any atom is -0.444 e. The molecule has 3 rings (SSSR count). The molecule has 0 radical (unpaired) electrons. The van der Waals surface area contributed by atoms with E-state index >= 15 is 0 Å². The number of aromatic nitrogens is 1. The van der Waals surface area contributed by atoms with E-state index < -0.39 is 5.60 Å². The molecule has 1 saturated heterocycles. The second kappa shape index (κ2) is 8.08. The molecule has 8 heteroatoms. The molecule has 1 aromatic rings. The Hall–Kier alpha value is -2.51. The maximum Gasteiger partial charge on any atom is 0.410 e. The number of amides is 1. The maximum atomic E-state index is 12.5.